The van der Waals surface area contributed by atoms with Gasteiger partial charge in [0.1, 0.15) is 5.75 Å². The van der Waals surface area contributed by atoms with Crippen molar-refractivity contribution in [2.45, 2.75) is 59.3 Å². The lowest BCUT2D eigenvalue weighted by molar-refractivity contribution is 0.305. The summed E-state index contributed by atoms with van der Waals surface area (Å²) in [6.45, 7) is 7.52. The van der Waals surface area contributed by atoms with Crippen molar-refractivity contribution in [1.29, 1.82) is 0 Å². The average Bonchev–Trinajstić information content (AvgIpc) is 2.68. The molecule has 0 N–H and O–H groups in total. The van der Waals surface area contributed by atoms with Crippen LogP contribution in [0.1, 0.15) is 58.4 Å². The van der Waals surface area contributed by atoms with Gasteiger partial charge in [0.2, 0.25) is 0 Å². The Labute approximate surface area is 158 Å². The highest BCUT2D eigenvalue weighted by Gasteiger charge is 2.01. The summed E-state index contributed by atoms with van der Waals surface area (Å²) >= 11 is 0. The Kier molecular flexibility index (Phi) is 8.88. The number of hydrogen-bond donors (Lipinski definition) is 0. The minimum absolute atomic E-state index is 0.717. The second-order valence-corrected chi connectivity index (χ2v) is 6.99. The molecule has 0 fully saturated rings. The lowest BCUT2D eigenvalue weighted by atomic mass is 9.99. The van der Waals surface area contributed by atoms with Gasteiger partial charge in [0.15, 0.2) is 0 Å². The first-order valence-corrected chi connectivity index (χ1v) is 9.94. The Hall–Kier alpha value is -2.16. The fraction of sp³-hybridized carbons (Fsp3) is 0.478. The largest absolute Gasteiger partial charge is 0.494 e. The normalized spacial score (nSPS) is 12.4. The molecule has 1 atom stereocenters. The number of unbranched alkanes of at least 4 members (excludes halogenated alkanes) is 3. The molecule has 0 amide bonds. The Morgan fingerprint density at radius 2 is 1.42 bits per heavy atom. The smallest absolute Gasteiger partial charge is 0.119 e. The zero-order chi connectivity index (χ0) is 18.6. The van der Waals surface area contributed by atoms with Gasteiger partial charge < -0.3 is 4.74 Å². The third kappa shape index (κ3) is 7.38. The van der Waals surface area contributed by atoms with Crippen LogP contribution in [-0.4, -0.2) is 6.61 Å². The molecule has 0 radical (unpaired) electrons. The topological polar surface area (TPSA) is 34.0 Å². The molecule has 3 nitrogen and oxygen atoms in total. The third-order valence-corrected chi connectivity index (χ3v) is 4.60. The molecule has 0 bridgehead atoms. The number of nitrogens with zero attached hydrogens (tertiary/aromatic N) is 2. The molecular weight excluding hydrogens is 320 g/mol. The van der Waals surface area contributed by atoms with Gasteiger partial charge in [0.25, 0.3) is 0 Å². The summed E-state index contributed by atoms with van der Waals surface area (Å²) in [4.78, 5) is 0. The van der Waals surface area contributed by atoms with Crippen LogP contribution >= 0.6 is 0 Å². The number of benzene rings is 2. The molecule has 0 aliphatic heterocycles. The van der Waals surface area contributed by atoms with Gasteiger partial charge in [0.05, 0.1) is 18.0 Å². The fourth-order valence-corrected chi connectivity index (χ4v) is 2.69. The van der Waals surface area contributed by atoms with Gasteiger partial charge in [-0.2, -0.15) is 10.2 Å². The van der Waals surface area contributed by atoms with E-state index in [-0.39, 0.29) is 0 Å². The van der Waals surface area contributed by atoms with Crippen molar-refractivity contribution in [3.05, 3.63) is 54.1 Å². The fourth-order valence-electron chi connectivity index (χ4n) is 2.69. The van der Waals surface area contributed by atoms with Crippen LogP contribution in [0.15, 0.2) is 58.8 Å². The molecular formula is C23H32N2O. The quantitative estimate of drug-likeness (QED) is 0.302. The van der Waals surface area contributed by atoms with Crippen molar-refractivity contribution >= 4 is 11.4 Å². The molecule has 2 aromatic rings. The molecule has 0 aliphatic carbocycles. The highest BCUT2D eigenvalue weighted by molar-refractivity contribution is 5.43. The molecule has 0 aromatic heterocycles. The van der Waals surface area contributed by atoms with Crippen molar-refractivity contribution in [3.8, 4) is 5.75 Å². The highest BCUT2D eigenvalue weighted by atomic mass is 16.5. The minimum Gasteiger partial charge on any atom is -0.494 e. The summed E-state index contributed by atoms with van der Waals surface area (Å²) in [7, 11) is 0. The molecule has 1 unspecified atom stereocenters. The third-order valence-electron chi connectivity index (χ3n) is 4.60. The van der Waals surface area contributed by atoms with E-state index in [2.05, 4.69) is 43.1 Å². The first-order valence-electron chi connectivity index (χ1n) is 9.94. The first kappa shape index (κ1) is 20.2. The average molecular weight is 353 g/mol. The van der Waals surface area contributed by atoms with Gasteiger partial charge in [-0.1, -0.05) is 58.6 Å². The standard InChI is InChI=1S/C23H32N2O/c1-4-6-7-8-17-26-23-15-13-22(14-16-23)25-24-21-11-9-20(10-12-21)18-19(3)5-2/h9-16,19H,4-8,17-18H2,1-3H3. The SMILES string of the molecule is CCCCCCOc1ccc(N=Nc2ccc(CC(C)CC)cc2)cc1. The number of ether oxygens (including phenoxy) is 1. The van der Waals surface area contributed by atoms with Gasteiger partial charge in [0, 0.05) is 0 Å². The summed E-state index contributed by atoms with van der Waals surface area (Å²) in [6.07, 6.45) is 7.20. The molecule has 140 valence electrons. The summed E-state index contributed by atoms with van der Waals surface area (Å²) in [5, 5.41) is 8.64. The Morgan fingerprint density at radius 1 is 0.808 bits per heavy atom. The molecule has 0 aliphatic rings. The lowest BCUT2D eigenvalue weighted by Gasteiger charge is -2.07. The van der Waals surface area contributed by atoms with Crippen molar-refractivity contribution in [2.24, 2.45) is 16.1 Å². The summed E-state index contributed by atoms with van der Waals surface area (Å²) in [5.41, 5.74) is 3.08. The summed E-state index contributed by atoms with van der Waals surface area (Å²) < 4.78 is 5.75. The van der Waals surface area contributed by atoms with Gasteiger partial charge in [-0.25, -0.2) is 0 Å². The molecule has 0 saturated carbocycles. The van der Waals surface area contributed by atoms with Crippen LogP contribution in [0.25, 0.3) is 0 Å². The molecule has 2 aromatic carbocycles. The second-order valence-electron chi connectivity index (χ2n) is 6.99. The zero-order valence-electron chi connectivity index (χ0n) is 16.4. The minimum atomic E-state index is 0.717. The summed E-state index contributed by atoms with van der Waals surface area (Å²) in [5.74, 6) is 1.62. The van der Waals surface area contributed by atoms with Crippen molar-refractivity contribution < 1.29 is 4.74 Å². The van der Waals surface area contributed by atoms with E-state index in [4.69, 9.17) is 4.74 Å². The zero-order valence-corrected chi connectivity index (χ0v) is 16.4. The highest BCUT2D eigenvalue weighted by Crippen LogP contribution is 2.22. The van der Waals surface area contributed by atoms with Crippen LogP contribution in [0, 0.1) is 5.92 Å². The Balaban J connectivity index is 1.82. The number of hydrogen-bond acceptors (Lipinski definition) is 3. The molecule has 0 heterocycles. The van der Waals surface area contributed by atoms with Crippen molar-refractivity contribution in [2.75, 3.05) is 6.61 Å². The molecule has 0 saturated heterocycles. The maximum atomic E-state index is 5.75. The molecule has 0 spiro atoms. The van der Waals surface area contributed by atoms with Crippen molar-refractivity contribution in [1.82, 2.24) is 0 Å². The van der Waals surface area contributed by atoms with Gasteiger partial charge in [-0.15, -0.1) is 0 Å². The summed E-state index contributed by atoms with van der Waals surface area (Å²) in [6, 6.07) is 16.2. The first-order chi connectivity index (χ1) is 12.7. The lowest BCUT2D eigenvalue weighted by Crippen LogP contribution is -1.96. The van der Waals surface area contributed by atoms with Gasteiger partial charge in [-0.05, 0) is 60.7 Å². The van der Waals surface area contributed by atoms with E-state index in [9.17, 15) is 0 Å². The van der Waals surface area contributed by atoms with Crippen molar-refractivity contribution in [3.63, 3.8) is 0 Å². The van der Waals surface area contributed by atoms with E-state index in [0.29, 0.717) is 0 Å². The second kappa shape index (κ2) is 11.5. The van der Waals surface area contributed by atoms with E-state index in [1.54, 1.807) is 0 Å². The predicted molar refractivity (Wildman–Crippen MR) is 110 cm³/mol. The van der Waals surface area contributed by atoms with Crippen LogP contribution in [0.2, 0.25) is 0 Å². The van der Waals surface area contributed by atoms with Crippen LogP contribution in [0.4, 0.5) is 11.4 Å². The maximum Gasteiger partial charge on any atom is 0.119 e. The van der Waals surface area contributed by atoms with E-state index in [0.717, 1.165) is 42.5 Å². The van der Waals surface area contributed by atoms with Crippen LogP contribution < -0.4 is 4.74 Å². The van der Waals surface area contributed by atoms with Crippen LogP contribution in [0.3, 0.4) is 0 Å². The van der Waals surface area contributed by atoms with E-state index < -0.39 is 0 Å². The van der Waals surface area contributed by atoms with Gasteiger partial charge in [-0.3, -0.25) is 0 Å². The Morgan fingerprint density at radius 3 is 2.00 bits per heavy atom. The maximum absolute atomic E-state index is 5.75. The van der Waals surface area contributed by atoms with E-state index >= 15 is 0 Å². The number of rotatable bonds is 11. The Bertz CT molecular complexity index is 647. The van der Waals surface area contributed by atoms with Gasteiger partial charge >= 0.3 is 0 Å². The van der Waals surface area contributed by atoms with E-state index in [1.165, 1.54) is 31.2 Å². The predicted octanol–water partition coefficient (Wildman–Crippen LogP) is 7.65. The molecule has 2 rings (SSSR count). The number of azo groups is 1. The van der Waals surface area contributed by atoms with E-state index in [1.807, 2.05) is 36.4 Å². The molecule has 3 heteroatoms. The van der Waals surface area contributed by atoms with Crippen LogP contribution in [-0.2, 0) is 6.42 Å². The molecule has 26 heavy (non-hydrogen) atoms. The van der Waals surface area contributed by atoms with Crippen LogP contribution in [0.5, 0.6) is 5.75 Å². The monoisotopic (exact) mass is 352 g/mol.